The van der Waals surface area contributed by atoms with Gasteiger partial charge in [-0.05, 0) is 25.3 Å². The van der Waals surface area contributed by atoms with E-state index in [9.17, 15) is 20.1 Å². The van der Waals surface area contributed by atoms with Crippen molar-refractivity contribution in [3.8, 4) is 12.1 Å². The summed E-state index contributed by atoms with van der Waals surface area (Å²) in [7, 11) is 0. The zero-order valence-corrected chi connectivity index (χ0v) is 19.0. The molecule has 33 heavy (non-hydrogen) atoms. The van der Waals surface area contributed by atoms with Crippen LogP contribution in [0.2, 0.25) is 0 Å². The number of rotatable bonds is 7. The Labute approximate surface area is 196 Å². The highest BCUT2D eigenvalue weighted by Crippen LogP contribution is 2.41. The number of benzene rings is 1. The Morgan fingerprint density at radius 3 is 2.21 bits per heavy atom. The average molecular weight is 464 g/mol. The minimum Gasteiger partial charge on any atom is -0.369 e. The lowest BCUT2D eigenvalue weighted by atomic mass is 9.94. The molecule has 2 aromatic rings. The number of nitriles is 2. The van der Waals surface area contributed by atoms with Crippen molar-refractivity contribution in [1.29, 1.82) is 10.5 Å². The first-order chi connectivity index (χ1) is 15.8. The first-order valence-corrected chi connectivity index (χ1v) is 11.3. The second kappa shape index (κ2) is 10.3. The van der Waals surface area contributed by atoms with Crippen molar-refractivity contribution in [2.24, 2.45) is 23.1 Å². The Morgan fingerprint density at radius 1 is 1.12 bits per heavy atom. The van der Waals surface area contributed by atoms with Gasteiger partial charge in [0.1, 0.15) is 33.8 Å². The number of anilines is 1. The molecule has 1 saturated heterocycles. The van der Waals surface area contributed by atoms with E-state index in [0.717, 1.165) is 11.8 Å². The van der Waals surface area contributed by atoms with Crippen LogP contribution in [-0.2, 0) is 9.59 Å². The summed E-state index contributed by atoms with van der Waals surface area (Å²) in [4.78, 5) is 30.4. The maximum absolute atomic E-state index is 12.3. The number of amides is 2. The predicted octanol–water partition coefficient (Wildman–Crippen LogP) is 1.87. The normalized spacial score (nSPS) is 15.8. The fourth-order valence-corrected chi connectivity index (χ4v) is 5.01. The van der Waals surface area contributed by atoms with Gasteiger partial charge in [0, 0.05) is 30.6 Å². The first-order valence-electron chi connectivity index (χ1n) is 10.5. The topological polar surface area (TPSA) is 176 Å². The molecule has 2 unspecified atom stereocenters. The molecule has 0 bridgehead atoms. The lowest BCUT2D eigenvalue weighted by Crippen LogP contribution is -2.39. The highest BCUT2D eigenvalue weighted by molar-refractivity contribution is 8.00. The molecule has 2 amide bonds. The SMILES string of the molecule is CC(N)c1c(C#N)c(SC(C(N)=O)c2ccccc2)nc(N2CCC(C(N)=O)CC2)c1C#N. The number of carbonyl (C=O) groups excluding carboxylic acids is 2. The fraction of sp³-hybridized carbons (Fsp3) is 0.348. The molecular formula is C23H25N7O2S. The van der Waals surface area contributed by atoms with Crippen LogP contribution in [0, 0.1) is 28.6 Å². The second-order valence-electron chi connectivity index (χ2n) is 7.89. The van der Waals surface area contributed by atoms with Crippen molar-refractivity contribution in [3.05, 3.63) is 52.6 Å². The Balaban J connectivity index is 2.12. The van der Waals surface area contributed by atoms with E-state index in [1.54, 1.807) is 31.2 Å². The van der Waals surface area contributed by atoms with E-state index in [0.29, 0.717) is 42.9 Å². The van der Waals surface area contributed by atoms with Gasteiger partial charge in [0.05, 0.1) is 5.56 Å². The Hall–Kier alpha value is -3.60. The van der Waals surface area contributed by atoms with Crippen molar-refractivity contribution in [2.45, 2.75) is 36.1 Å². The van der Waals surface area contributed by atoms with Crippen LogP contribution in [0.5, 0.6) is 0 Å². The number of thioether (sulfide) groups is 1. The minimum atomic E-state index is -0.784. The van der Waals surface area contributed by atoms with Crippen molar-refractivity contribution >= 4 is 29.4 Å². The summed E-state index contributed by atoms with van der Waals surface area (Å²) in [5.74, 6) is -0.773. The number of pyridine rings is 1. The standard InChI is InChI=1S/C23H25N7O2S/c1-13(26)18-16(11-24)22(30-9-7-15(8-10-30)20(27)31)29-23(17(18)12-25)33-19(21(28)32)14-5-3-2-4-6-14/h2-6,13,15,19H,7-10,26H2,1H3,(H2,27,31)(H2,28,32). The summed E-state index contributed by atoms with van der Waals surface area (Å²) in [5, 5.41) is 19.4. The summed E-state index contributed by atoms with van der Waals surface area (Å²) < 4.78 is 0. The largest absolute Gasteiger partial charge is 0.369 e. The molecule has 0 spiro atoms. The molecule has 0 aliphatic carbocycles. The van der Waals surface area contributed by atoms with Crippen LogP contribution in [0.25, 0.3) is 0 Å². The molecule has 9 nitrogen and oxygen atoms in total. The van der Waals surface area contributed by atoms with Gasteiger partial charge >= 0.3 is 0 Å². The maximum Gasteiger partial charge on any atom is 0.235 e. The predicted molar refractivity (Wildman–Crippen MR) is 125 cm³/mol. The molecule has 1 aliphatic heterocycles. The molecule has 1 aliphatic rings. The Bertz CT molecular complexity index is 1130. The molecular weight excluding hydrogens is 438 g/mol. The first kappa shape index (κ1) is 24.1. The molecule has 3 rings (SSSR count). The quantitative estimate of drug-likeness (QED) is 0.521. The summed E-state index contributed by atoms with van der Waals surface area (Å²) >= 11 is 1.06. The number of nitrogens with zero attached hydrogens (tertiary/aromatic N) is 4. The van der Waals surface area contributed by atoms with Crippen LogP contribution in [0.4, 0.5) is 5.82 Å². The molecule has 1 fully saturated rings. The fourth-order valence-electron chi connectivity index (χ4n) is 3.96. The number of nitrogens with two attached hydrogens (primary N) is 3. The van der Waals surface area contributed by atoms with Crippen LogP contribution in [0.15, 0.2) is 35.4 Å². The molecule has 170 valence electrons. The Morgan fingerprint density at radius 2 is 1.73 bits per heavy atom. The van der Waals surface area contributed by atoms with E-state index in [-0.39, 0.29) is 28.0 Å². The van der Waals surface area contributed by atoms with Gasteiger partial charge in [-0.15, -0.1) is 0 Å². The van der Waals surface area contributed by atoms with Crippen molar-refractivity contribution in [2.75, 3.05) is 18.0 Å². The number of hydrogen-bond donors (Lipinski definition) is 3. The number of carbonyl (C=O) groups is 2. The van der Waals surface area contributed by atoms with Crippen LogP contribution in [-0.4, -0.2) is 29.9 Å². The van der Waals surface area contributed by atoms with Gasteiger partial charge in [0.25, 0.3) is 0 Å². The molecule has 1 aromatic heterocycles. The smallest absolute Gasteiger partial charge is 0.235 e. The van der Waals surface area contributed by atoms with E-state index in [1.165, 1.54) is 0 Å². The summed E-state index contributed by atoms with van der Waals surface area (Å²) in [6.45, 7) is 2.64. The molecule has 2 heterocycles. The monoisotopic (exact) mass is 463 g/mol. The molecule has 0 saturated carbocycles. The zero-order valence-electron chi connectivity index (χ0n) is 18.2. The number of piperidine rings is 1. The lowest BCUT2D eigenvalue weighted by molar-refractivity contribution is -0.122. The van der Waals surface area contributed by atoms with E-state index in [4.69, 9.17) is 17.2 Å². The second-order valence-corrected chi connectivity index (χ2v) is 8.98. The van der Waals surface area contributed by atoms with E-state index in [1.807, 2.05) is 11.0 Å². The van der Waals surface area contributed by atoms with Gasteiger partial charge in [-0.2, -0.15) is 10.5 Å². The van der Waals surface area contributed by atoms with E-state index >= 15 is 0 Å². The van der Waals surface area contributed by atoms with Crippen LogP contribution >= 0.6 is 11.8 Å². The maximum atomic E-state index is 12.3. The third kappa shape index (κ3) is 5.08. The highest BCUT2D eigenvalue weighted by Gasteiger charge is 2.31. The zero-order chi connectivity index (χ0) is 24.1. The van der Waals surface area contributed by atoms with Crippen LogP contribution in [0.1, 0.15) is 53.3 Å². The van der Waals surface area contributed by atoms with Crippen molar-refractivity contribution < 1.29 is 9.59 Å². The van der Waals surface area contributed by atoms with Gasteiger partial charge in [0.15, 0.2) is 0 Å². The number of hydrogen-bond acceptors (Lipinski definition) is 8. The molecule has 6 N–H and O–H groups in total. The summed E-state index contributed by atoms with van der Waals surface area (Å²) in [6.07, 6.45) is 1.07. The highest BCUT2D eigenvalue weighted by atomic mass is 32.2. The average Bonchev–Trinajstić information content (AvgIpc) is 2.81. The van der Waals surface area contributed by atoms with Gasteiger partial charge in [-0.1, -0.05) is 42.1 Å². The van der Waals surface area contributed by atoms with Crippen molar-refractivity contribution in [3.63, 3.8) is 0 Å². The summed E-state index contributed by atoms with van der Waals surface area (Å²) in [5.41, 5.74) is 18.7. The van der Waals surface area contributed by atoms with E-state index in [2.05, 4.69) is 17.1 Å². The van der Waals surface area contributed by atoms with Crippen LogP contribution in [0.3, 0.4) is 0 Å². The van der Waals surface area contributed by atoms with E-state index < -0.39 is 17.2 Å². The molecule has 1 aromatic carbocycles. The molecule has 2 atom stereocenters. The molecule has 0 radical (unpaired) electrons. The lowest BCUT2D eigenvalue weighted by Gasteiger charge is -2.33. The van der Waals surface area contributed by atoms with Crippen LogP contribution < -0.4 is 22.1 Å². The number of primary amides is 2. The third-order valence-electron chi connectivity index (χ3n) is 5.65. The molecule has 10 heteroatoms. The summed E-state index contributed by atoms with van der Waals surface area (Å²) in [6, 6.07) is 12.6. The van der Waals surface area contributed by atoms with Gasteiger partial charge < -0.3 is 22.1 Å². The Kier molecular flexibility index (Phi) is 7.54. The van der Waals surface area contributed by atoms with Gasteiger partial charge in [0.2, 0.25) is 11.8 Å². The van der Waals surface area contributed by atoms with Gasteiger partial charge in [-0.3, -0.25) is 9.59 Å². The third-order valence-corrected chi connectivity index (χ3v) is 6.91. The minimum absolute atomic E-state index is 0.157. The van der Waals surface area contributed by atoms with Crippen molar-refractivity contribution in [1.82, 2.24) is 4.98 Å². The number of aromatic nitrogens is 1. The van der Waals surface area contributed by atoms with Gasteiger partial charge in [-0.25, -0.2) is 4.98 Å².